The molecule has 1 atom stereocenters. The van der Waals surface area contributed by atoms with Gasteiger partial charge in [0.1, 0.15) is 0 Å². The summed E-state index contributed by atoms with van der Waals surface area (Å²) < 4.78 is 8.46. The largest absolute Gasteiger partial charge is 0.431 e. The Balaban J connectivity index is 2.24. The zero-order valence-electron chi connectivity index (χ0n) is 8.72. The lowest BCUT2D eigenvalue weighted by atomic mass is 10.2. The number of benzene rings is 1. The summed E-state index contributed by atoms with van der Waals surface area (Å²) in [5.74, 6) is -10.5. The summed E-state index contributed by atoms with van der Waals surface area (Å²) in [4.78, 5) is 3.88. The molecule has 1 aromatic rings. The van der Waals surface area contributed by atoms with Crippen LogP contribution in [0.5, 0.6) is 11.5 Å². The van der Waals surface area contributed by atoms with Crippen molar-refractivity contribution in [3.8, 4) is 11.5 Å². The van der Waals surface area contributed by atoms with E-state index in [1.807, 2.05) is 0 Å². The van der Waals surface area contributed by atoms with Crippen LogP contribution in [0.3, 0.4) is 0 Å². The number of hydrogen-bond acceptors (Lipinski definition) is 9. The van der Waals surface area contributed by atoms with Gasteiger partial charge in [-0.25, -0.2) is 5.26 Å². The Hall–Kier alpha value is -1.46. The molecule has 1 fully saturated rings. The van der Waals surface area contributed by atoms with E-state index in [4.69, 9.17) is 15.5 Å². The van der Waals surface area contributed by atoms with Crippen molar-refractivity contribution in [1.82, 2.24) is 0 Å². The average Bonchev–Trinajstić information content (AvgIpc) is 2.80. The number of para-hydroxylation sites is 2. The van der Waals surface area contributed by atoms with Crippen molar-refractivity contribution in [3.63, 3.8) is 0 Å². The summed E-state index contributed by atoms with van der Waals surface area (Å²) in [5.41, 5.74) is 0. The van der Waals surface area contributed by atoms with Gasteiger partial charge in [-0.15, -0.1) is 0 Å². The van der Waals surface area contributed by atoms with Crippen LogP contribution < -0.4 is 9.62 Å². The molecule has 0 spiro atoms. The zero-order valence-corrected chi connectivity index (χ0v) is 8.72. The molecule has 1 aliphatic rings. The fourth-order valence-corrected chi connectivity index (χ4v) is 1.29. The third-order valence-corrected chi connectivity index (χ3v) is 2.33. The molecule has 1 aliphatic heterocycles. The first-order valence-electron chi connectivity index (χ1n) is 4.65. The molecule has 9 nitrogen and oxygen atoms in total. The van der Waals surface area contributed by atoms with Gasteiger partial charge in [0.25, 0.3) is 0 Å². The molecule has 1 heterocycles. The predicted octanol–water partition coefficient (Wildman–Crippen LogP) is -2.09. The second kappa shape index (κ2) is 3.76. The van der Waals surface area contributed by atoms with Crippen LogP contribution in [0.15, 0.2) is 24.3 Å². The highest BCUT2D eigenvalue weighted by Crippen LogP contribution is 2.49. The first-order chi connectivity index (χ1) is 8.23. The molecule has 0 saturated carbocycles. The molecule has 100 valence electrons. The lowest BCUT2D eigenvalue weighted by Crippen LogP contribution is -2.54. The third kappa shape index (κ3) is 1.79. The Bertz CT molecular complexity index is 457. The first-order valence-corrected chi connectivity index (χ1v) is 4.65. The second-order valence-corrected chi connectivity index (χ2v) is 3.60. The van der Waals surface area contributed by atoms with Crippen LogP contribution in [-0.2, 0) is 4.74 Å². The van der Waals surface area contributed by atoms with Crippen molar-refractivity contribution in [1.29, 1.82) is 0 Å². The summed E-state index contributed by atoms with van der Waals surface area (Å²) >= 11 is 0. The number of rotatable bonds is 4. The number of aliphatic hydroxyl groups is 5. The van der Waals surface area contributed by atoms with E-state index in [0.29, 0.717) is 0 Å². The molecule has 1 unspecified atom stereocenters. The molecule has 6 N–H and O–H groups in total. The summed E-state index contributed by atoms with van der Waals surface area (Å²) in [6.07, 6.45) is 0. The maximum atomic E-state index is 9.42. The van der Waals surface area contributed by atoms with Crippen LogP contribution in [0.25, 0.3) is 0 Å². The molecule has 0 radical (unpaired) electrons. The summed E-state index contributed by atoms with van der Waals surface area (Å²) in [5, 5.41) is 54.5. The van der Waals surface area contributed by atoms with E-state index in [1.54, 1.807) is 0 Å². The van der Waals surface area contributed by atoms with Crippen LogP contribution in [0.1, 0.15) is 0 Å². The molecule has 0 bridgehead atoms. The van der Waals surface area contributed by atoms with Crippen LogP contribution in [0, 0.1) is 0 Å². The summed E-state index contributed by atoms with van der Waals surface area (Å²) in [6, 6.07) is 5.22. The zero-order chi connectivity index (χ0) is 13.6. The molecule has 0 aromatic heterocycles. The Kier molecular flexibility index (Phi) is 2.72. The molecule has 9 heteroatoms. The number of hydrogen-bond donors (Lipinski definition) is 6. The first kappa shape index (κ1) is 13.0. The van der Waals surface area contributed by atoms with E-state index < -0.39 is 17.7 Å². The van der Waals surface area contributed by atoms with E-state index in [0.717, 1.165) is 6.07 Å². The minimum absolute atomic E-state index is 0.296. The minimum atomic E-state index is -3.48. The van der Waals surface area contributed by atoms with Gasteiger partial charge in [0.2, 0.25) is 5.75 Å². The van der Waals surface area contributed by atoms with Crippen molar-refractivity contribution in [2.24, 2.45) is 0 Å². The molecule has 0 aliphatic carbocycles. The Morgan fingerprint density at radius 1 is 1.06 bits per heavy atom. The maximum absolute atomic E-state index is 9.42. The molecule has 1 saturated heterocycles. The monoisotopic (exact) mass is 262 g/mol. The van der Waals surface area contributed by atoms with Gasteiger partial charge in [0.05, 0.1) is 0 Å². The standard InChI is InChI=1S/C9H10O9/c10-7(9(13,14)18-7)8(11,12)16-5-3-1-2-4-6(5)17-15/h1-4,10-15H. The van der Waals surface area contributed by atoms with E-state index >= 15 is 0 Å². The van der Waals surface area contributed by atoms with Crippen LogP contribution in [-0.4, -0.2) is 48.5 Å². The predicted molar refractivity (Wildman–Crippen MR) is 50.7 cm³/mol. The summed E-state index contributed by atoms with van der Waals surface area (Å²) in [6.45, 7) is 0. The minimum Gasteiger partial charge on any atom is -0.431 e. The molecular weight excluding hydrogens is 252 g/mol. The third-order valence-electron chi connectivity index (χ3n) is 2.33. The van der Waals surface area contributed by atoms with Crippen LogP contribution >= 0.6 is 0 Å². The van der Waals surface area contributed by atoms with E-state index in [-0.39, 0.29) is 11.5 Å². The van der Waals surface area contributed by atoms with Gasteiger partial charge >= 0.3 is 17.7 Å². The van der Waals surface area contributed by atoms with E-state index in [1.165, 1.54) is 18.2 Å². The van der Waals surface area contributed by atoms with E-state index in [2.05, 4.69) is 14.4 Å². The molecular formula is C9H10O9. The second-order valence-electron chi connectivity index (χ2n) is 3.60. The van der Waals surface area contributed by atoms with Crippen molar-refractivity contribution in [2.45, 2.75) is 17.7 Å². The van der Waals surface area contributed by atoms with Crippen molar-refractivity contribution < 1.29 is 45.2 Å². The van der Waals surface area contributed by atoms with Crippen molar-refractivity contribution in [2.75, 3.05) is 0 Å². The van der Waals surface area contributed by atoms with Gasteiger partial charge in [0, 0.05) is 0 Å². The van der Waals surface area contributed by atoms with Crippen LogP contribution in [0.2, 0.25) is 0 Å². The number of epoxide rings is 1. The Morgan fingerprint density at radius 3 is 2.00 bits per heavy atom. The van der Waals surface area contributed by atoms with Gasteiger partial charge in [-0.2, -0.15) is 0 Å². The molecule has 1 aromatic carbocycles. The lowest BCUT2D eigenvalue weighted by Gasteiger charge is -2.25. The van der Waals surface area contributed by atoms with Gasteiger partial charge in [0.15, 0.2) is 5.75 Å². The van der Waals surface area contributed by atoms with E-state index in [9.17, 15) is 15.3 Å². The van der Waals surface area contributed by atoms with Gasteiger partial charge in [-0.3, -0.25) is 4.74 Å². The highest BCUT2D eigenvalue weighted by Gasteiger charge is 2.83. The van der Waals surface area contributed by atoms with Crippen molar-refractivity contribution >= 4 is 0 Å². The fourth-order valence-electron chi connectivity index (χ4n) is 1.29. The quantitative estimate of drug-likeness (QED) is 0.155. The van der Waals surface area contributed by atoms with Gasteiger partial charge in [-0.1, -0.05) is 12.1 Å². The smallest absolute Gasteiger partial charge is 0.388 e. The Morgan fingerprint density at radius 2 is 1.56 bits per heavy atom. The topological polar surface area (TPSA) is 152 Å². The highest BCUT2D eigenvalue weighted by molar-refractivity contribution is 5.39. The molecule has 18 heavy (non-hydrogen) atoms. The molecule has 0 amide bonds. The normalized spacial score (nSPS) is 25.7. The van der Waals surface area contributed by atoms with Crippen LogP contribution in [0.4, 0.5) is 0 Å². The van der Waals surface area contributed by atoms with Crippen molar-refractivity contribution in [3.05, 3.63) is 24.3 Å². The highest BCUT2D eigenvalue weighted by atomic mass is 17.1. The fraction of sp³-hybridized carbons (Fsp3) is 0.333. The number of ether oxygens (including phenoxy) is 2. The lowest BCUT2D eigenvalue weighted by molar-refractivity contribution is -0.379. The molecule has 2 rings (SSSR count). The maximum Gasteiger partial charge on any atom is 0.388 e. The van der Waals surface area contributed by atoms with Gasteiger partial charge < -0.3 is 35.2 Å². The SMILES string of the molecule is OOc1ccccc1OC(O)(O)C1(O)OC1(O)O. The Labute approximate surface area is 99.6 Å². The summed E-state index contributed by atoms with van der Waals surface area (Å²) in [7, 11) is 0. The van der Waals surface area contributed by atoms with Gasteiger partial charge in [-0.05, 0) is 12.1 Å². The average molecular weight is 262 g/mol.